The SMILES string of the molecule is Cc1cc(NC(=O)N2CCC(c3nc(C)no3)C2)c(N(C)C)nn1. The van der Waals surface area contributed by atoms with Gasteiger partial charge in [0.25, 0.3) is 0 Å². The second-order valence-corrected chi connectivity index (χ2v) is 6.16. The number of likely N-dealkylation sites (tertiary alicyclic amines) is 1. The van der Waals surface area contributed by atoms with Crippen LogP contribution in [0.2, 0.25) is 0 Å². The fourth-order valence-electron chi connectivity index (χ4n) is 2.72. The molecule has 3 heterocycles. The molecule has 2 amide bonds. The van der Waals surface area contributed by atoms with Crippen molar-refractivity contribution in [2.24, 2.45) is 0 Å². The number of amides is 2. The monoisotopic (exact) mass is 331 g/mol. The van der Waals surface area contributed by atoms with Crippen LogP contribution in [0.1, 0.15) is 29.7 Å². The third kappa shape index (κ3) is 3.29. The van der Waals surface area contributed by atoms with Gasteiger partial charge in [-0.1, -0.05) is 5.16 Å². The van der Waals surface area contributed by atoms with Gasteiger partial charge in [0.15, 0.2) is 11.6 Å². The Bertz CT molecular complexity index is 743. The third-order valence-corrected chi connectivity index (χ3v) is 3.93. The van der Waals surface area contributed by atoms with Gasteiger partial charge < -0.3 is 19.6 Å². The first-order chi connectivity index (χ1) is 11.4. The highest BCUT2D eigenvalue weighted by atomic mass is 16.5. The fraction of sp³-hybridized carbons (Fsp3) is 0.533. The second kappa shape index (κ2) is 6.42. The zero-order valence-electron chi connectivity index (χ0n) is 14.3. The number of rotatable bonds is 3. The predicted octanol–water partition coefficient (Wildman–Crippen LogP) is 1.56. The molecule has 0 aliphatic carbocycles. The lowest BCUT2D eigenvalue weighted by molar-refractivity contribution is 0.221. The summed E-state index contributed by atoms with van der Waals surface area (Å²) in [5.41, 5.74) is 1.39. The topological polar surface area (TPSA) is 100 Å². The molecule has 1 saturated heterocycles. The standard InChI is InChI=1S/C15H21N7O2/c1-9-7-12(13(19-18-9)21(3)4)17-15(23)22-6-5-11(8-22)14-16-10(2)20-24-14/h7,11H,5-6,8H2,1-4H3,(H,17,18,23). The van der Waals surface area contributed by atoms with E-state index in [1.165, 1.54) is 0 Å². The van der Waals surface area contributed by atoms with Crippen molar-refractivity contribution in [2.75, 3.05) is 37.4 Å². The summed E-state index contributed by atoms with van der Waals surface area (Å²) in [6.07, 6.45) is 0.809. The van der Waals surface area contributed by atoms with Crippen LogP contribution >= 0.6 is 0 Å². The lowest BCUT2D eigenvalue weighted by Crippen LogP contribution is -2.33. The minimum absolute atomic E-state index is 0.0857. The van der Waals surface area contributed by atoms with E-state index in [2.05, 4.69) is 25.7 Å². The number of aromatic nitrogens is 4. The summed E-state index contributed by atoms with van der Waals surface area (Å²) in [7, 11) is 3.72. The van der Waals surface area contributed by atoms with Crippen LogP contribution < -0.4 is 10.2 Å². The first-order valence-electron chi connectivity index (χ1n) is 7.82. The highest BCUT2D eigenvalue weighted by Gasteiger charge is 2.31. The summed E-state index contributed by atoms with van der Waals surface area (Å²) < 4.78 is 5.22. The van der Waals surface area contributed by atoms with Crippen LogP contribution in [0.3, 0.4) is 0 Å². The maximum atomic E-state index is 12.6. The van der Waals surface area contributed by atoms with Crippen LogP contribution in [0.15, 0.2) is 10.6 Å². The summed E-state index contributed by atoms with van der Waals surface area (Å²) in [4.78, 5) is 20.4. The quantitative estimate of drug-likeness (QED) is 0.911. The van der Waals surface area contributed by atoms with Crippen LogP contribution in [0, 0.1) is 13.8 Å². The molecule has 1 fully saturated rings. The lowest BCUT2D eigenvalue weighted by atomic mass is 10.1. The van der Waals surface area contributed by atoms with Crippen molar-refractivity contribution in [3.63, 3.8) is 0 Å². The number of hydrogen-bond acceptors (Lipinski definition) is 7. The largest absolute Gasteiger partial charge is 0.360 e. The van der Waals surface area contributed by atoms with Crippen molar-refractivity contribution in [1.82, 2.24) is 25.2 Å². The van der Waals surface area contributed by atoms with Crippen molar-refractivity contribution in [2.45, 2.75) is 26.2 Å². The summed E-state index contributed by atoms with van der Waals surface area (Å²) in [5, 5.41) is 14.9. The summed E-state index contributed by atoms with van der Waals surface area (Å²) in [5.74, 6) is 1.92. The molecule has 0 bridgehead atoms. The number of anilines is 2. The Labute approximate surface area is 140 Å². The Hall–Kier alpha value is -2.71. The molecule has 1 atom stereocenters. The van der Waals surface area contributed by atoms with Crippen LogP contribution in [0.5, 0.6) is 0 Å². The number of hydrogen-bond donors (Lipinski definition) is 1. The minimum atomic E-state index is -0.163. The fourth-order valence-corrected chi connectivity index (χ4v) is 2.72. The Balaban J connectivity index is 1.69. The number of urea groups is 1. The van der Waals surface area contributed by atoms with E-state index in [1.807, 2.05) is 32.0 Å². The van der Waals surface area contributed by atoms with E-state index < -0.39 is 0 Å². The molecule has 9 heteroatoms. The zero-order chi connectivity index (χ0) is 17.3. The van der Waals surface area contributed by atoms with Crippen molar-refractivity contribution in [3.8, 4) is 0 Å². The van der Waals surface area contributed by atoms with E-state index in [9.17, 15) is 4.79 Å². The molecule has 0 aromatic carbocycles. The molecule has 1 aliphatic rings. The number of carbonyl (C=O) groups excluding carboxylic acids is 1. The molecule has 24 heavy (non-hydrogen) atoms. The van der Waals surface area contributed by atoms with E-state index in [0.29, 0.717) is 36.3 Å². The van der Waals surface area contributed by atoms with E-state index >= 15 is 0 Å². The van der Waals surface area contributed by atoms with Gasteiger partial charge in [-0.2, -0.15) is 10.1 Å². The molecule has 1 unspecified atom stereocenters. The second-order valence-electron chi connectivity index (χ2n) is 6.16. The molecular weight excluding hydrogens is 310 g/mol. The van der Waals surface area contributed by atoms with Crippen LogP contribution in [-0.2, 0) is 0 Å². The highest BCUT2D eigenvalue weighted by Crippen LogP contribution is 2.27. The van der Waals surface area contributed by atoms with E-state index in [-0.39, 0.29) is 11.9 Å². The predicted molar refractivity (Wildman–Crippen MR) is 88.1 cm³/mol. The summed E-state index contributed by atoms with van der Waals surface area (Å²) in [6.45, 7) is 4.83. The molecule has 1 N–H and O–H groups in total. The molecule has 2 aromatic heterocycles. The lowest BCUT2D eigenvalue weighted by Gasteiger charge is -2.20. The molecule has 3 rings (SSSR count). The average molecular weight is 331 g/mol. The van der Waals surface area contributed by atoms with Crippen molar-refractivity contribution < 1.29 is 9.32 Å². The number of nitrogens with zero attached hydrogens (tertiary/aromatic N) is 6. The molecule has 2 aromatic rings. The molecule has 128 valence electrons. The van der Waals surface area contributed by atoms with E-state index in [0.717, 1.165) is 12.1 Å². The third-order valence-electron chi connectivity index (χ3n) is 3.93. The maximum absolute atomic E-state index is 12.6. The van der Waals surface area contributed by atoms with Gasteiger partial charge in [-0.15, -0.1) is 5.10 Å². The van der Waals surface area contributed by atoms with Crippen LogP contribution in [-0.4, -0.2) is 58.5 Å². The summed E-state index contributed by atoms with van der Waals surface area (Å²) in [6, 6.07) is 1.65. The summed E-state index contributed by atoms with van der Waals surface area (Å²) >= 11 is 0. The highest BCUT2D eigenvalue weighted by molar-refractivity contribution is 5.92. The Morgan fingerprint density at radius 2 is 2.17 bits per heavy atom. The van der Waals surface area contributed by atoms with E-state index in [4.69, 9.17) is 4.52 Å². The van der Waals surface area contributed by atoms with Gasteiger partial charge in [0, 0.05) is 27.2 Å². The van der Waals surface area contributed by atoms with Crippen molar-refractivity contribution >= 4 is 17.5 Å². The smallest absolute Gasteiger partial charge is 0.321 e. The Kier molecular flexibility index (Phi) is 4.32. The van der Waals surface area contributed by atoms with Crippen LogP contribution in [0.25, 0.3) is 0 Å². The molecule has 1 aliphatic heterocycles. The van der Waals surface area contributed by atoms with Gasteiger partial charge in [0.2, 0.25) is 5.89 Å². The Morgan fingerprint density at radius 3 is 2.83 bits per heavy atom. The normalized spacial score (nSPS) is 17.2. The first kappa shape index (κ1) is 16.2. The van der Waals surface area contributed by atoms with E-state index in [1.54, 1.807) is 11.8 Å². The zero-order valence-corrected chi connectivity index (χ0v) is 14.3. The van der Waals surface area contributed by atoms with Gasteiger partial charge >= 0.3 is 6.03 Å². The number of nitrogens with one attached hydrogen (secondary N) is 1. The molecule has 0 radical (unpaired) electrons. The molecule has 9 nitrogen and oxygen atoms in total. The van der Waals surface area contributed by atoms with Crippen molar-refractivity contribution in [3.05, 3.63) is 23.5 Å². The van der Waals surface area contributed by atoms with Crippen molar-refractivity contribution in [1.29, 1.82) is 0 Å². The maximum Gasteiger partial charge on any atom is 0.321 e. The number of carbonyl (C=O) groups is 1. The van der Waals surface area contributed by atoms with Gasteiger partial charge in [-0.3, -0.25) is 0 Å². The van der Waals surface area contributed by atoms with Gasteiger partial charge in [0.1, 0.15) is 0 Å². The minimum Gasteiger partial charge on any atom is -0.360 e. The molecular formula is C15H21N7O2. The molecule has 0 spiro atoms. The van der Waals surface area contributed by atoms with Gasteiger partial charge in [0.05, 0.1) is 17.3 Å². The Morgan fingerprint density at radius 1 is 1.38 bits per heavy atom. The first-order valence-corrected chi connectivity index (χ1v) is 7.82. The van der Waals surface area contributed by atoms with Gasteiger partial charge in [-0.25, -0.2) is 4.79 Å². The average Bonchev–Trinajstić information content (AvgIpc) is 3.15. The molecule has 0 saturated carbocycles. The number of aryl methyl sites for hydroxylation is 2. The van der Waals surface area contributed by atoms with Gasteiger partial charge in [-0.05, 0) is 26.3 Å². The van der Waals surface area contributed by atoms with Crippen LogP contribution in [0.4, 0.5) is 16.3 Å².